The zero-order chi connectivity index (χ0) is 19.1. The van der Waals surface area contributed by atoms with Crippen molar-refractivity contribution in [2.24, 2.45) is 5.92 Å². The van der Waals surface area contributed by atoms with Gasteiger partial charge in [-0.2, -0.15) is 0 Å². The first-order valence-corrected chi connectivity index (χ1v) is 8.79. The molecule has 5 nitrogen and oxygen atoms in total. The summed E-state index contributed by atoms with van der Waals surface area (Å²) in [5, 5.41) is 5.81. The van der Waals surface area contributed by atoms with Gasteiger partial charge in [0.05, 0.1) is 0 Å². The number of anilines is 1. The molecule has 2 aromatic carbocycles. The molecule has 138 valence electrons. The summed E-state index contributed by atoms with van der Waals surface area (Å²) in [4.78, 5) is 26.6. The number of amides is 2. The van der Waals surface area contributed by atoms with Gasteiger partial charge in [-0.05, 0) is 56.4 Å². The van der Waals surface area contributed by atoms with Crippen molar-refractivity contribution in [3.8, 4) is 0 Å². The number of nitrogens with zero attached hydrogens (tertiary/aromatic N) is 1. The maximum atomic E-state index is 12.3. The summed E-state index contributed by atoms with van der Waals surface area (Å²) < 4.78 is 0. The van der Waals surface area contributed by atoms with Crippen LogP contribution in [0.2, 0.25) is 0 Å². The number of hydrogen-bond donors (Lipinski definition) is 2. The normalized spacial score (nSPS) is 12.1. The summed E-state index contributed by atoms with van der Waals surface area (Å²) in [6.07, 6.45) is 0. The molecule has 2 rings (SSSR count). The van der Waals surface area contributed by atoms with Crippen molar-refractivity contribution >= 4 is 17.5 Å². The van der Waals surface area contributed by atoms with Gasteiger partial charge < -0.3 is 15.5 Å². The molecule has 1 atom stereocenters. The van der Waals surface area contributed by atoms with E-state index >= 15 is 0 Å². The second-order valence-electron chi connectivity index (χ2n) is 6.88. The fraction of sp³-hybridized carbons (Fsp3) is 0.333. The third-order valence-electron chi connectivity index (χ3n) is 4.35. The Morgan fingerprint density at radius 3 is 2.00 bits per heavy atom. The number of hydrogen-bond acceptors (Lipinski definition) is 3. The molecule has 1 unspecified atom stereocenters. The van der Waals surface area contributed by atoms with Crippen LogP contribution in [0.15, 0.2) is 54.6 Å². The number of carbonyl (C=O) groups is 2. The first-order chi connectivity index (χ1) is 12.4. The molecule has 5 heteroatoms. The van der Waals surface area contributed by atoms with E-state index < -0.39 is 0 Å². The summed E-state index contributed by atoms with van der Waals surface area (Å²) in [5.74, 6) is 0.160. The quantitative estimate of drug-likeness (QED) is 0.803. The largest absolute Gasteiger partial charge is 0.350 e. The zero-order valence-electron chi connectivity index (χ0n) is 15.8. The minimum absolute atomic E-state index is 0.113. The number of nitrogens with one attached hydrogen (secondary N) is 2. The van der Waals surface area contributed by atoms with Gasteiger partial charge >= 0.3 is 0 Å². The van der Waals surface area contributed by atoms with Crippen LogP contribution in [-0.4, -0.2) is 43.4 Å². The van der Waals surface area contributed by atoms with Gasteiger partial charge in [0.1, 0.15) is 0 Å². The maximum Gasteiger partial charge on any atom is 0.255 e. The van der Waals surface area contributed by atoms with E-state index in [-0.39, 0.29) is 17.9 Å². The third kappa shape index (κ3) is 5.43. The predicted molar refractivity (Wildman–Crippen MR) is 105 cm³/mol. The van der Waals surface area contributed by atoms with E-state index in [1.165, 1.54) is 0 Å². The first-order valence-electron chi connectivity index (χ1n) is 8.79. The zero-order valence-corrected chi connectivity index (χ0v) is 15.8. The van der Waals surface area contributed by atoms with Crippen LogP contribution < -0.4 is 10.6 Å². The highest BCUT2D eigenvalue weighted by atomic mass is 16.2. The van der Waals surface area contributed by atoms with Crippen molar-refractivity contribution in [1.29, 1.82) is 0 Å². The molecule has 0 aliphatic heterocycles. The van der Waals surface area contributed by atoms with Crippen LogP contribution in [0.3, 0.4) is 0 Å². The van der Waals surface area contributed by atoms with Gasteiger partial charge in [0.2, 0.25) is 0 Å². The summed E-state index contributed by atoms with van der Waals surface area (Å²) in [6, 6.07) is 16.2. The van der Waals surface area contributed by atoms with Gasteiger partial charge in [-0.1, -0.05) is 32.0 Å². The number of rotatable bonds is 7. The Hall–Kier alpha value is -2.66. The van der Waals surface area contributed by atoms with E-state index in [1.807, 2.05) is 32.3 Å². The van der Waals surface area contributed by atoms with Gasteiger partial charge in [0.15, 0.2) is 0 Å². The van der Waals surface area contributed by atoms with Crippen LogP contribution in [0.25, 0.3) is 0 Å². The molecule has 2 aromatic rings. The number of likely N-dealkylation sites (N-methyl/N-ethyl adjacent to an activating group) is 1. The molecule has 0 spiro atoms. The van der Waals surface area contributed by atoms with Gasteiger partial charge in [-0.25, -0.2) is 0 Å². The van der Waals surface area contributed by atoms with E-state index in [0.29, 0.717) is 29.3 Å². The Morgan fingerprint density at radius 2 is 1.46 bits per heavy atom. The van der Waals surface area contributed by atoms with E-state index in [0.717, 1.165) is 0 Å². The average Bonchev–Trinajstić information content (AvgIpc) is 2.62. The number of carbonyl (C=O) groups excluding carboxylic acids is 2. The molecule has 0 fully saturated rings. The van der Waals surface area contributed by atoms with E-state index in [4.69, 9.17) is 0 Å². The van der Waals surface area contributed by atoms with Crippen molar-refractivity contribution in [3.05, 3.63) is 65.7 Å². The van der Waals surface area contributed by atoms with Crippen molar-refractivity contribution < 1.29 is 9.59 Å². The van der Waals surface area contributed by atoms with Gasteiger partial charge in [0, 0.05) is 29.4 Å². The predicted octanol–water partition coefficient (Wildman–Crippen LogP) is 3.25. The lowest BCUT2D eigenvalue weighted by Gasteiger charge is -2.28. The van der Waals surface area contributed by atoms with Crippen LogP contribution in [0.1, 0.15) is 34.6 Å². The van der Waals surface area contributed by atoms with Gasteiger partial charge in [-0.3, -0.25) is 9.59 Å². The standard InChI is InChI=1S/C21H27N3O2/c1-15(2)19(24(3)4)14-22-20(25)17-10-12-18(13-11-17)23-21(26)16-8-6-5-7-9-16/h5-13,15,19H,14H2,1-4H3,(H,22,25)(H,23,26). The van der Waals surface area contributed by atoms with Crippen molar-refractivity contribution in [1.82, 2.24) is 10.2 Å². The maximum absolute atomic E-state index is 12.3. The topological polar surface area (TPSA) is 61.4 Å². The van der Waals surface area contributed by atoms with Crippen LogP contribution in [-0.2, 0) is 0 Å². The molecule has 26 heavy (non-hydrogen) atoms. The van der Waals surface area contributed by atoms with Gasteiger partial charge in [-0.15, -0.1) is 0 Å². The first kappa shape index (κ1) is 19.7. The molecule has 0 aliphatic carbocycles. The van der Waals surface area contributed by atoms with Crippen molar-refractivity contribution in [3.63, 3.8) is 0 Å². The Kier molecular flexibility index (Phi) is 6.92. The highest BCUT2D eigenvalue weighted by molar-refractivity contribution is 6.04. The fourth-order valence-electron chi connectivity index (χ4n) is 2.81. The second kappa shape index (κ2) is 9.15. The molecule has 0 saturated heterocycles. The molecular weight excluding hydrogens is 326 g/mol. The lowest BCUT2D eigenvalue weighted by atomic mass is 10.0. The molecule has 0 aliphatic rings. The smallest absolute Gasteiger partial charge is 0.255 e. The lowest BCUT2D eigenvalue weighted by molar-refractivity contribution is 0.0934. The van der Waals surface area contributed by atoms with E-state index in [2.05, 4.69) is 29.4 Å². The molecule has 2 N–H and O–H groups in total. The lowest BCUT2D eigenvalue weighted by Crippen LogP contribution is -2.43. The Labute approximate surface area is 155 Å². The minimum atomic E-state index is -0.173. The van der Waals surface area contributed by atoms with Crippen LogP contribution in [0.4, 0.5) is 5.69 Å². The molecule has 0 saturated carbocycles. The Balaban J connectivity index is 1.94. The summed E-state index contributed by atoms with van der Waals surface area (Å²) in [6.45, 7) is 4.87. The number of benzene rings is 2. The van der Waals surface area contributed by atoms with Crippen molar-refractivity contribution in [2.45, 2.75) is 19.9 Å². The SMILES string of the molecule is CC(C)C(CNC(=O)c1ccc(NC(=O)c2ccccc2)cc1)N(C)C. The summed E-state index contributed by atoms with van der Waals surface area (Å²) >= 11 is 0. The fourth-order valence-corrected chi connectivity index (χ4v) is 2.81. The average molecular weight is 353 g/mol. The van der Waals surface area contributed by atoms with Crippen LogP contribution >= 0.6 is 0 Å². The van der Waals surface area contributed by atoms with Crippen molar-refractivity contribution in [2.75, 3.05) is 26.0 Å². The molecule has 0 heterocycles. The Morgan fingerprint density at radius 1 is 0.885 bits per heavy atom. The monoisotopic (exact) mass is 353 g/mol. The van der Waals surface area contributed by atoms with Crippen LogP contribution in [0, 0.1) is 5.92 Å². The van der Waals surface area contributed by atoms with E-state index in [1.54, 1.807) is 36.4 Å². The highest BCUT2D eigenvalue weighted by Crippen LogP contribution is 2.12. The molecule has 0 radical (unpaired) electrons. The highest BCUT2D eigenvalue weighted by Gasteiger charge is 2.17. The summed E-state index contributed by atoms with van der Waals surface area (Å²) in [7, 11) is 4.03. The van der Waals surface area contributed by atoms with E-state index in [9.17, 15) is 9.59 Å². The van der Waals surface area contributed by atoms with Crippen LogP contribution in [0.5, 0.6) is 0 Å². The molecular formula is C21H27N3O2. The minimum Gasteiger partial charge on any atom is -0.350 e. The molecule has 0 aromatic heterocycles. The summed E-state index contributed by atoms with van der Waals surface area (Å²) in [5.41, 5.74) is 1.82. The third-order valence-corrected chi connectivity index (χ3v) is 4.35. The molecule has 0 bridgehead atoms. The van der Waals surface area contributed by atoms with Gasteiger partial charge in [0.25, 0.3) is 11.8 Å². The Bertz CT molecular complexity index is 717. The second-order valence-corrected chi connectivity index (χ2v) is 6.88. The molecule has 2 amide bonds.